The van der Waals surface area contributed by atoms with Crippen LogP contribution in [-0.4, -0.2) is 222 Å². The van der Waals surface area contributed by atoms with Gasteiger partial charge in [-0.05, 0) is 137 Å². The summed E-state index contributed by atoms with van der Waals surface area (Å²) < 4.78 is 0. The van der Waals surface area contributed by atoms with Gasteiger partial charge in [-0.15, -0.1) is 0 Å². The van der Waals surface area contributed by atoms with Crippen LogP contribution in [0.3, 0.4) is 0 Å². The van der Waals surface area contributed by atoms with Gasteiger partial charge in [0.2, 0.25) is 82.7 Å². The third-order valence-electron chi connectivity index (χ3n) is 20.4. The smallest absolute Gasteiger partial charge is 0.326 e. The molecule has 2 aliphatic heterocycles. The molecule has 0 saturated carbocycles. The Bertz CT molecular complexity index is 4220. The molecule has 2 saturated heterocycles. The molecule has 36 heteroatoms. The van der Waals surface area contributed by atoms with Crippen molar-refractivity contribution in [2.24, 2.45) is 34.8 Å². The minimum atomic E-state index is -1.59. The van der Waals surface area contributed by atoms with Crippen LogP contribution in [-0.2, 0) is 97.6 Å². The number of fused-ring (bicyclic) bond motifs is 1. The lowest BCUT2D eigenvalue weighted by atomic mass is 9.99. The van der Waals surface area contributed by atoms with Crippen LogP contribution in [0.25, 0.3) is 10.9 Å². The van der Waals surface area contributed by atoms with E-state index >= 15 is 0 Å². The molecule has 0 unspecified atom stereocenters. The number of hydrogen-bond acceptors (Lipinski definition) is 19. The number of benzene rings is 3. The predicted octanol–water partition coefficient (Wildman–Crippen LogP) is -0.317. The van der Waals surface area contributed by atoms with Crippen molar-refractivity contribution in [3.63, 3.8) is 0 Å². The van der Waals surface area contributed by atoms with Crippen LogP contribution >= 0.6 is 0 Å². The zero-order chi connectivity index (χ0) is 85.4. The molecule has 0 bridgehead atoms. The van der Waals surface area contributed by atoms with Crippen molar-refractivity contribution in [2.75, 3.05) is 26.2 Å². The first-order valence-corrected chi connectivity index (χ1v) is 40.0. The highest BCUT2D eigenvalue weighted by Crippen LogP contribution is 2.25. The number of carbonyl (C=O) groups is 15. The quantitative estimate of drug-likeness (QED) is 0.0222. The number of phenols is 1. The summed E-state index contributed by atoms with van der Waals surface area (Å²) in [5.74, 6) is -13.3. The molecule has 636 valence electrons. The minimum absolute atomic E-state index is 0.0124. The molecule has 12 atom stereocenters. The number of primary amides is 2. The molecule has 14 amide bonds. The standard InChI is InChI=1S/C81H115N19O17/c1-6-7-20-56(71(106)98-64(81(116)117)39-48-17-9-8-10-18-48)92-78(113)66-24-16-35-100(66)80(115)59(30-32-68(85)103)90-69(104)44-88-77(112)65-23-15-34-99(65)79(114)58(22-13-14-33-82)93-74(109)61(37-47(4)5)95-72(107)57(29-31-67(84)102)91-73(108)60(36-46(2)3)96-75(110)62(38-49-25-27-52(101)28-26-49)97-76(111)63(41-51-43-86-45-89-51)94-70(105)54(83)40-50-42-87-55-21-12-11-19-53(50)55/h8-12,17-19,21,25-28,42-43,45-47,54,56-66,87,101H,6-7,13-16,20,22-24,29-41,44,82-83H2,1-5H3,(H2,84,102)(H2,85,103)(H,86,89)(H,88,112)(H,90,104)(H,91,108)(H,92,113)(H,93,109)(H,94,105)(H,95,107)(H,96,110)(H,97,111)(H,98,106)(H,116,117)/t54-,56-,57-,58-,59-,60-,61-,62-,63-,64-,65-,66-/m0/s1. The van der Waals surface area contributed by atoms with E-state index in [1.807, 2.05) is 31.2 Å². The fraction of sp³-hybridized carbons (Fsp3) is 0.531. The summed E-state index contributed by atoms with van der Waals surface area (Å²) in [5.41, 5.74) is 26.6. The SMILES string of the molecule is CCCC[C@H](NC(=O)[C@@H]1CCCN1C(=O)[C@H](CCC(N)=O)NC(=O)CNC(=O)[C@@H]1CCCN1C(=O)[C@H](CCCCN)NC(=O)[C@H](CC(C)C)NC(=O)[C@H](CCC(N)=O)NC(=O)[C@H](CC(C)C)NC(=O)[C@H](Cc1ccc(O)cc1)NC(=O)[C@H](Cc1c[nH]cn1)NC(=O)[C@@H](N)Cc1c[nH]c2ccccc12)C(=O)N[C@@H](Cc1ccccc1)C(=O)O. The van der Waals surface area contributed by atoms with Crippen LogP contribution in [0.4, 0.5) is 0 Å². The van der Waals surface area contributed by atoms with Gasteiger partial charge in [-0.3, -0.25) is 67.1 Å². The first-order chi connectivity index (χ1) is 55.8. The van der Waals surface area contributed by atoms with Gasteiger partial charge in [-0.1, -0.05) is 108 Å². The summed E-state index contributed by atoms with van der Waals surface area (Å²) in [4.78, 5) is 222. The van der Waals surface area contributed by atoms with E-state index in [1.165, 1.54) is 46.6 Å². The Morgan fingerprint density at radius 1 is 0.513 bits per heavy atom. The van der Waals surface area contributed by atoms with Gasteiger partial charge in [0.05, 0.1) is 24.6 Å². The summed E-state index contributed by atoms with van der Waals surface area (Å²) in [5, 5.41) is 47.7. The van der Waals surface area contributed by atoms with Crippen molar-refractivity contribution < 1.29 is 82.1 Å². The molecule has 0 radical (unpaired) electrons. The number of carboxylic acid groups (broad SMARTS) is 1. The van der Waals surface area contributed by atoms with Gasteiger partial charge in [0, 0.05) is 68.5 Å². The molecular weight excluding hydrogens is 1510 g/mol. The van der Waals surface area contributed by atoms with Crippen LogP contribution in [0.5, 0.6) is 5.75 Å². The number of nitrogens with two attached hydrogens (primary N) is 4. The van der Waals surface area contributed by atoms with Crippen molar-refractivity contribution in [3.05, 3.63) is 120 Å². The van der Waals surface area contributed by atoms with E-state index in [-0.39, 0.29) is 114 Å². The summed E-state index contributed by atoms with van der Waals surface area (Å²) >= 11 is 0. The molecule has 36 nitrogen and oxygen atoms in total. The highest BCUT2D eigenvalue weighted by atomic mass is 16.4. The normalized spacial score (nSPS) is 16.5. The maximum atomic E-state index is 14.8. The lowest BCUT2D eigenvalue weighted by Crippen LogP contribution is -2.61. The summed E-state index contributed by atoms with van der Waals surface area (Å²) in [6, 6.07) is 5.97. The Kier molecular flexibility index (Phi) is 36.4. The first kappa shape index (κ1) is 92.4. The fourth-order valence-corrected chi connectivity index (χ4v) is 14.2. The monoisotopic (exact) mass is 1630 g/mol. The van der Waals surface area contributed by atoms with E-state index in [0.29, 0.717) is 55.3 Å². The van der Waals surface area contributed by atoms with E-state index in [2.05, 4.69) is 68.1 Å². The number of para-hydroxylation sites is 1. The Balaban J connectivity index is 1.01. The molecule has 22 N–H and O–H groups in total. The fourth-order valence-electron chi connectivity index (χ4n) is 14.2. The van der Waals surface area contributed by atoms with Crippen molar-refractivity contribution >= 4 is 99.6 Å². The number of nitrogens with one attached hydrogen (secondary N) is 12. The second-order valence-corrected chi connectivity index (χ2v) is 30.7. The maximum absolute atomic E-state index is 14.8. The maximum Gasteiger partial charge on any atom is 0.326 e. The molecule has 3 aromatic carbocycles. The molecule has 0 spiro atoms. The van der Waals surface area contributed by atoms with Gasteiger partial charge in [-0.25, -0.2) is 9.78 Å². The number of aromatic nitrogens is 3. The van der Waals surface area contributed by atoms with Crippen LogP contribution in [0.1, 0.15) is 160 Å². The number of rotatable bonds is 48. The molecule has 2 aliphatic rings. The molecular formula is C81H115N19O17. The Morgan fingerprint density at radius 3 is 1.56 bits per heavy atom. The van der Waals surface area contributed by atoms with Gasteiger partial charge in [0.15, 0.2) is 0 Å². The third-order valence-corrected chi connectivity index (χ3v) is 20.4. The van der Waals surface area contributed by atoms with Gasteiger partial charge in [0.1, 0.15) is 72.2 Å². The van der Waals surface area contributed by atoms with Crippen molar-refractivity contribution in [1.29, 1.82) is 0 Å². The number of carboxylic acids is 1. The van der Waals surface area contributed by atoms with Crippen molar-refractivity contribution in [3.8, 4) is 5.75 Å². The first-order valence-electron chi connectivity index (χ1n) is 40.0. The Hall–Kier alpha value is -11.8. The average molecular weight is 1630 g/mol. The number of imidazole rings is 1. The summed E-state index contributed by atoms with van der Waals surface area (Å²) in [7, 11) is 0. The highest BCUT2D eigenvalue weighted by molar-refractivity contribution is 6.00. The molecule has 7 rings (SSSR count). The van der Waals surface area contributed by atoms with Crippen LogP contribution in [0.15, 0.2) is 97.6 Å². The zero-order valence-corrected chi connectivity index (χ0v) is 67.0. The lowest BCUT2D eigenvalue weighted by Gasteiger charge is -2.31. The van der Waals surface area contributed by atoms with Crippen molar-refractivity contribution in [2.45, 2.75) is 236 Å². The number of nitrogens with zero attached hydrogens (tertiary/aromatic N) is 3. The summed E-state index contributed by atoms with van der Waals surface area (Å²) in [6.45, 7) is 8.49. The van der Waals surface area contributed by atoms with Crippen molar-refractivity contribution in [1.82, 2.24) is 77.9 Å². The number of H-pyrrole nitrogens is 2. The molecule has 0 aliphatic carbocycles. The van der Waals surface area contributed by atoms with E-state index in [4.69, 9.17) is 22.9 Å². The number of aliphatic carboxylic acids is 1. The second kappa shape index (κ2) is 46.1. The molecule has 4 heterocycles. The topological polar surface area (TPSA) is 572 Å². The molecule has 117 heavy (non-hydrogen) atoms. The van der Waals surface area contributed by atoms with Gasteiger partial charge >= 0.3 is 5.97 Å². The number of aromatic hydroxyl groups is 1. The van der Waals surface area contributed by atoms with Gasteiger partial charge in [0.25, 0.3) is 0 Å². The Morgan fingerprint density at radius 2 is 0.991 bits per heavy atom. The lowest BCUT2D eigenvalue weighted by molar-refractivity contribution is -0.144. The Labute approximate surface area is 678 Å². The van der Waals surface area contributed by atoms with E-state index in [0.717, 1.165) is 16.5 Å². The number of aromatic amines is 2. The third kappa shape index (κ3) is 29.1. The number of phenolic OH excluding ortho intramolecular Hbond substituents is 1. The number of carbonyl (C=O) groups excluding carboxylic acids is 14. The average Bonchev–Trinajstić information content (AvgIpc) is 1.73. The van der Waals surface area contributed by atoms with Gasteiger partial charge in [-0.2, -0.15) is 0 Å². The highest BCUT2D eigenvalue weighted by Gasteiger charge is 2.43. The number of hydrogen-bond donors (Lipinski definition) is 18. The van der Waals surface area contributed by atoms with E-state index in [1.54, 1.807) is 64.2 Å². The largest absolute Gasteiger partial charge is 0.508 e. The van der Waals surface area contributed by atoms with Crippen LogP contribution < -0.4 is 76.1 Å². The molecule has 2 fully saturated rings. The minimum Gasteiger partial charge on any atom is -0.508 e. The molecule has 2 aromatic heterocycles. The number of unbranched alkanes of at least 4 members (excludes halogenated alkanes) is 2. The zero-order valence-electron chi connectivity index (χ0n) is 67.0. The van der Waals surface area contributed by atoms with E-state index in [9.17, 15) is 82.1 Å². The van der Waals surface area contributed by atoms with Crippen LogP contribution in [0, 0.1) is 11.8 Å². The number of amides is 14. The van der Waals surface area contributed by atoms with Gasteiger partial charge < -0.3 is 106 Å². The molecule has 5 aromatic rings. The number of likely N-dealkylation sites (tertiary alicyclic amines) is 2. The summed E-state index contributed by atoms with van der Waals surface area (Å²) in [6.07, 6.45) is 5.69. The predicted molar refractivity (Wildman–Crippen MR) is 430 cm³/mol. The second-order valence-electron chi connectivity index (χ2n) is 30.7. The van der Waals surface area contributed by atoms with Crippen LogP contribution in [0.2, 0.25) is 0 Å². The van der Waals surface area contributed by atoms with E-state index < -0.39 is 181 Å².